The van der Waals surface area contributed by atoms with Gasteiger partial charge in [0.05, 0.1) is 13.2 Å². The fraction of sp³-hybridized carbons (Fsp3) is 0.476. The molecule has 0 spiro atoms. The summed E-state index contributed by atoms with van der Waals surface area (Å²) in [7, 11) is -4.31. The fourth-order valence-electron chi connectivity index (χ4n) is 3.29. The van der Waals surface area contributed by atoms with Gasteiger partial charge in [0.15, 0.2) is 10.6 Å². The molecule has 198 valence electrons. The molecule has 1 aliphatic rings. The number of alkyl halides is 2. The molecule has 3 rings (SSSR count). The highest BCUT2D eigenvalue weighted by molar-refractivity contribution is 7.52. The van der Waals surface area contributed by atoms with Gasteiger partial charge in [0.1, 0.15) is 23.5 Å². The second-order valence-electron chi connectivity index (χ2n) is 8.32. The highest BCUT2D eigenvalue weighted by atomic mass is 35.5. The van der Waals surface area contributed by atoms with Crippen LogP contribution in [0.2, 0.25) is 0 Å². The number of nitrogens with zero attached hydrogens (tertiary/aromatic N) is 1. The van der Waals surface area contributed by atoms with Crippen molar-refractivity contribution in [2.75, 3.05) is 13.2 Å². The average molecular weight is 566 g/mol. The average Bonchev–Trinajstić information content (AvgIpc) is 3.01. The monoisotopic (exact) mass is 565 g/mol. The molecule has 2 aromatic rings. The van der Waals surface area contributed by atoms with Gasteiger partial charge in [0.25, 0.3) is 5.56 Å². The predicted molar refractivity (Wildman–Crippen MR) is 130 cm³/mol. The molecule has 36 heavy (non-hydrogen) atoms. The van der Waals surface area contributed by atoms with Gasteiger partial charge in [-0.3, -0.25) is 23.7 Å². The SMILES string of the molecule is CCOC(=O)C(C)(C)NP(=O)(OC[C@H]1OC(n2ccc(=O)[nH]c2=O)C(Cl)(Cl)[C@@H]1O)Oc1ccccc1. The molecular weight excluding hydrogens is 540 g/mol. The van der Waals surface area contributed by atoms with Crippen molar-refractivity contribution in [1.29, 1.82) is 0 Å². The van der Waals surface area contributed by atoms with E-state index in [0.717, 1.165) is 16.8 Å². The van der Waals surface area contributed by atoms with Crippen molar-refractivity contribution >= 4 is 36.9 Å². The Kier molecular flexibility index (Phi) is 8.72. The number of esters is 1. The van der Waals surface area contributed by atoms with E-state index in [0.29, 0.717) is 0 Å². The molecule has 0 amide bonds. The summed E-state index contributed by atoms with van der Waals surface area (Å²) in [6.45, 7) is 4.00. The topological polar surface area (TPSA) is 158 Å². The van der Waals surface area contributed by atoms with Crippen molar-refractivity contribution in [2.24, 2.45) is 0 Å². The van der Waals surface area contributed by atoms with E-state index in [2.05, 4.69) is 5.09 Å². The number of H-pyrrole nitrogens is 1. The minimum Gasteiger partial charge on any atom is -0.465 e. The van der Waals surface area contributed by atoms with Crippen LogP contribution in [-0.4, -0.2) is 55.9 Å². The van der Waals surface area contributed by atoms with Crippen molar-refractivity contribution in [3.63, 3.8) is 0 Å². The zero-order valence-electron chi connectivity index (χ0n) is 19.6. The lowest BCUT2D eigenvalue weighted by atomic mass is 10.1. The van der Waals surface area contributed by atoms with Gasteiger partial charge in [-0.2, -0.15) is 5.09 Å². The van der Waals surface area contributed by atoms with E-state index >= 15 is 0 Å². The third-order valence-electron chi connectivity index (χ3n) is 5.06. The number of rotatable bonds is 10. The molecule has 0 aliphatic carbocycles. The standard InChI is InChI=1S/C21H26Cl2N3O9P/c1-4-32-18(29)20(2,3)25-36(31,35-13-8-6-5-7-9-13)33-12-14-16(28)21(22,23)17(34-14)26-11-10-15(27)24-19(26)30/h5-11,14,16-17,28H,4,12H2,1-3H3,(H,25,31)(H,24,27,30)/t14-,16-,17?,36?/m1/s1. The van der Waals surface area contributed by atoms with E-state index in [4.69, 9.17) is 41.7 Å². The van der Waals surface area contributed by atoms with Crippen molar-refractivity contribution < 1.29 is 33.0 Å². The number of carbonyl (C=O) groups is 1. The van der Waals surface area contributed by atoms with Crippen molar-refractivity contribution in [3.05, 3.63) is 63.4 Å². The minimum absolute atomic E-state index is 0.0930. The number of aliphatic hydroxyl groups excluding tert-OH is 1. The van der Waals surface area contributed by atoms with Crippen LogP contribution in [0.25, 0.3) is 0 Å². The Balaban J connectivity index is 1.84. The van der Waals surface area contributed by atoms with Crippen LogP contribution in [-0.2, 0) is 23.4 Å². The molecule has 15 heteroatoms. The third kappa shape index (κ3) is 6.38. The predicted octanol–water partition coefficient (Wildman–Crippen LogP) is 2.10. The second-order valence-corrected chi connectivity index (χ2v) is 11.4. The quantitative estimate of drug-likeness (QED) is 0.221. The number of benzene rings is 1. The largest absolute Gasteiger partial charge is 0.465 e. The Morgan fingerprint density at radius 3 is 2.56 bits per heavy atom. The van der Waals surface area contributed by atoms with Crippen LogP contribution in [0, 0.1) is 0 Å². The van der Waals surface area contributed by atoms with Crippen LogP contribution in [0.5, 0.6) is 5.75 Å². The first-order valence-corrected chi connectivity index (χ1v) is 13.1. The maximum atomic E-state index is 13.7. The molecule has 2 unspecified atom stereocenters. The van der Waals surface area contributed by atoms with Crippen LogP contribution in [0.4, 0.5) is 0 Å². The molecular formula is C21H26Cl2N3O9P. The van der Waals surface area contributed by atoms with E-state index in [-0.39, 0.29) is 12.4 Å². The van der Waals surface area contributed by atoms with E-state index in [1.54, 1.807) is 25.1 Å². The van der Waals surface area contributed by atoms with E-state index in [9.17, 15) is 24.1 Å². The van der Waals surface area contributed by atoms with E-state index < -0.39 is 59.9 Å². The van der Waals surface area contributed by atoms with Crippen molar-refractivity contribution in [1.82, 2.24) is 14.6 Å². The van der Waals surface area contributed by atoms with Crippen LogP contribution in [0.1, 0.15) is 27.0 Å². The number of nitrogens with one attached hydrogen (secondary N) is 2. The zero-order chi connectivity index (χ0) is 26.7. The molecule has 0 radical (unpaired) electrons. The smallest absolute Gasteiger partial charge is 0.459 e. The number of aliphatic hydroxyl groups is 1. The Bertz CT molecular complexity index is 1230. The summed E-state index contributed by atoms with van der Waals surface area (Å²) in [6, 6.07) is 9.10. The van der Waals surface area contributed by atoms with Crippen LogP contribution < -0.4 is 20.9 Å². The van der Waals surface area contributed by atoms with Crippen molar-refractivity contribution in [3.8, 4) is 5.75 Å². The first-order valence-electron chi connectivity index (χ1n) is 10.8. The van der Waals surface area contributed by atoms with Gasteiger partial charge in [0.2, 0.25) is 0 Å². The summed E-state index contributed by atoms with van der Waals surface area (Å²) in [5.41, 5.74) is -3.02. The van der Waals surface area contributed by atoms with Crippen molar-refractivity contribution in [2.45, 2.75) is 49.1 Å². The Labute approximate surface area is 216 Å². The summed E-state index contributed by atoms with van der Waals surface area (Å²) in [5, 5.41) is 13.2. The normalized spacial score (nSPS) is 23.1. The van der Waals surface area contributed by atoms with E-state index in [1.165, 1.54) is 26.0 Å². The molecule has 0 saturated carbocycles. The highest BCUT2D eigenvalue weighted by Gasteiger charge is 2.56. The lowest BCUT2D eigenvalue weighted by molar-refractivity contribution is -0.149. The number of hydrogen-bond donors (Lipinski definition) is 3. The second kappa shape index (κ2) is 11.1. The molecule has 1 aliphatic heterocycles. The summed E-state index contributed by atoms with van der Waals surface area (Å²) in [6.07, 6.45) is -3.22. The number of aromatic amines is 1. The number of carbonyl (C=O) groups excluding carboxylic acids is 1. The van der Waals surface area contributed by atoms with Gasteiger partial charge in [-0.15, -0.1) is 0 Å². The number of para-hydroxylation sites is 1. The Morgan fingerprint density at radius 1 is 1.28 bits per heavy atom. The van der Waals surface area contributed by atoms with Gasteiger partial charge in [0, 0.05) is 12.3 Å². The Morgan fingerprint density at radius 2 is 1.94 bits per heavy atom. The molecule has 0 bridgehead atoms. The number of hydrogen-bond acceptors (Lipinski definition) is 9. The molecule has 12 nitrogen and oxygen atoms in total. The lowest BCUT2D eigenvalue weighted by Gasteiger charge is -2.29. The Hall–Kier alpha value is -2.18. The third-order valence-corrected chi connectivity index (χ3v) is 7.66. The first kappa shape index (κ1) is 28.4. The first-order chi connectivity index (χ1) is 16.8. The molecule has 2 heterocycles. The number of aromatic nitrogens is 2. The molecule has 1 saturated heterocycles. The fourth-order valence-corrected chi connectivity index (χ4v) is 5.57. The number of halogens is 2. The zero-order valence-corrected chi connectivity index (χ0v) is 22.0. The van der Waals surface area contributed by atoms with Crippen LogP contribution >= 0.6 is 30.9 Å². The summed E-state index contributed by atoms with van der Waals surface area (Å²) in [4.78, 5) is 38.0. The molecule has 1 fully saturated rings. The maximum absolute atomic E-state index is 13.7. The minimum atomic E-state index is -4.31. The lowest BCUT2D eigenvalue weighted by Crippen LogP contribution is -2.47. The highest BCUT2D eigenvalue weighted by Crippen LogP contribution is 2.50. The number of ether oxygens (including phenoxy) is 2. The van der Waals surface area contributed by atoms with E-state index in [1.807, 2.05) is 4.98 Å². The molecule has 1 aromatic carbocycles. The molecule has 1 aromatic heterocycles. The van der Waals surface area contributed by atoms with Gasteiger partial charge >= 0.3 is 19.4 Å². The molecule has 4 atom stereocenters. The summed E-state index contributed by atoms with van der Waals surface area (Å²) in [5.74, 6) is -0.539. The summed E-state index contributed by atoms with van der Waals surface area (Å²) >= 11 is 12.6. The molecule has 3 N–H and O–H groups in total. The van der Waals surface area contributed by atoms with Crippen LogP contribution in [0.3, 0.4) is 0 Å². The van der Waals surface area contributed by atoms with Gasteiger partial charge in [-0.05, 0) is 32.9 Å². The summed E-state index contributed by atoms with van der Waals surface area (Å²) < 4.78 is 34.4. The van der Waals surface area contributed by atoms with Crippen LogP contribution in [0.15, 0.2) is 52.2 Å². The maximum Gasteiger partial charge on any atom is 0.459 e. The van der Waals surface area contributed by atoms with Gasteiger partial charge in [-0.1, -0.05) is 41.4 Å². The van der Waals surface area contributed by atoms with Gasteiger partial charge < -0.3 is 19.1 Å². The van der Waals surface area contributed by atoms with Gasteiger partial charge in [-0.25, -0.2) is 9.36 Å².